The van der Waals surface area contributed by atoms with Crippen LogP contribution in [0.2, 0.25) is 0 Å². The van der Waals surface area contributed by atoms with Crippen molar-refractivity contribution in [2.24, 2.45) is 0 Å². The maximum Gasteiger partial charge on any atom is 0.241 e. The van der Waals surface area contributed by atoms with E-state index < -0.39 is 16.1 Å². The monoisotopic (exact) mass is 356 g/mol. The number of hydrogen-bond donors (Lipinski definition) is 1. The smallest absolute Gasteiger partial charge is 0.241 e. The summed E-state index contributed by atoms with van der Waals surface area (Å²) in [5, 5.41) is 0. The summed E-state index contributed by atoms with van der Waals surface area (Å²) in [5.74, 6) is 0.354. The third-order valence-corrected chi connectivity index (χ3v) is 5.81. The molecule has 0 aromatic heterocycles. The van der Waals surface area contributed by atoms with Gasteiger partial charge in [0.1, 0.15) is 5.75 Å². The first-order valence-electron chi connectivity index (χ1n) is 7.80. The van der Waals surface area contributed by atoms with Crippen LogP contribution in [0.3, 0.4) is 0 Å². The molecule has 0 unspecified atom stereocenters. The van der Waals surface area contributed by atoms with Gasteiger partial charge in [0.15, 0.2) is 0 Å². The number of nitrogens with one attached hydrogen (secondary N) is 1. The molecule has 0 spiro atoms. The molecule has 7 nitrogen and oxygen atoms in total. The molecular weight excluding hydrogens is 332 g/mol. The normalized spacial score (nSPS) is 16.8. The Morgan fingerprint density at radius 3 is 2.29 bits per heavy atom. The standard InChI is InChI=1S/C16H24N2O5S/c1-11-9-14(22-4)10-12(2)15(11)24(20,21)17-13(3)16(19)18-5-7-23-8-6-18/h9-10,13,17H,5-8H2,1-4H3/t13-/m0/s1. The van der Waals surface area contributed by atoms with Gasteiger partial charge in [-0.25, -0.2) is 8.42 Å². The van der Waals surface area contributed by atoms with Crippen molar-refractivity contribution in [3.8, 4) is 5.75 Å². The lowest BCUT2D eigenvalue weighted by Crippen LogP contribution is -2.50. The average molecular weight is 356 g/mol. The Kier molecular flexibility index (Phi) is 5.84. The maximum absolute atomic E-state index is 12.7. The van der Waals surface area contributed by atoms with Crippen molar-refractivity contribution in [2.75, 3.05) is 33.4 Å². The molecule has 1 aromatic rings. The molecule has 1 atom stereocenters. The lowest BCUT2D eigenvalue weighted by Gasteiger charge is -2.29. The zero-order chi connectivity index (χ0) is 17.9. The Morgan fingerprint density at radius 1 is 1.25 bits per heavy atom. The van der Waals surface area contributed by atoms with Crippen molar-refractivity contribution in [1.29, 1.82) is 0 Å². The Labute approximate surface area is 143 Å². The molecule has 1 aliphatic rings. The van der Waals surface area contributed by atoms with Crippen molar-refractivity contribution in [3.05, 3.63) is 23.3 Å². The van der Waals surface area contributed by atoms with Crippen LogP contribution in [0.5, 0.6) is 5.75 Å². The number of morpholine rings is 1. The zero-order valence-electron chi connectivity index (χ0n) is 14.5. The quantitative estimate of drug-likeness (QED) is 0.845. The molecule has 1 heterocycles. The number of sulfonamides is 1. The molecule has 0 bridgehead atoms. The Balaban J connectivity index is 2.20. The molecule has 0 radical (unpaired) electrons. The second kappa shape index (κ2) is 7.50. The molecule has 0 saturated carbocycles. The van der Waals surface area contributed by atoms with Gasteiger partial charge in [0.2, 0.25) is 15.9 Å². The van der Waals surface area contributed by atoms with Gasteiger partial charge in [0.25, 0.3) is 0 Å². The van der Waals surface area contributed by atoms with Crippen LogP contribution >= 0.6 is 0 Å². The molecule has 2 rings (SSSR count). The SMILES string of the molecule is COc1cc(C)c(S(=O)(=O)N[C@@H](C)C(=O)N2CCOCC2)c(C)c1. The molecule has 1 amide bonds. The number of carbonyl (C=O) groups excluding carboxylic acids is 1. The van der Waals surface area contributed by atoms with Crippen LogP contribution in [-0.4, -0.2) is 58.7 Å². The first kappa shape index (κ1) is 18.7. The van der Waals surface area contributed by atoms with Crippen molar-refractivity contribution >= 4 is 15.9 Å². The fourth-order valence-corrected chi connectivity index (χ4v) is 4.50. The van der Waals surface area contributed by atoms with Crippen molar-refractivity contribution in [1.82, 2.24) is 9.62 Å². The highest BCUT2D eigenvalue weighted by Crippen LogP contribution is 2.25. The Morgan fingerprint density at radius 2 is 1.79 bits per heavy atom. The minimum atomic E-state index is -3.81. The molecule has 24 heavy (non-hydrogen) atoms. The Hall–Kier alpha value is -1.64. The number of nitrogens with zero attached hydrogens (tertiary/aromatic N) is 1. The summed E-state index contributed by atoms with van der Waals surface area (Å²) in [7, 11) is -2.28. The Bertz CT molecular complexity index is 688. The van der Waals surface area contributed by atoms with E-state index in [-0.39, 0.29) is 10.8 Å². The summed E-state index contributed by atoms with van der Waals surface area (Å²) >= 11 is 0. The summed E-state index contributed by atoms with van der Waals surface area (Å²) in [6.45, 7) is 6.88. The highest BCUT2D eigenvalue weighted by Gasteiger charge is 2.28. The lowest BCUT2D eigenvalue weighted by molar-refractivity contribution is -0.136. The van der Waals surface area contributed by atoms with Crippen LogP contribution in [0.15, 0.2) is 17.0 Å². The van der Waals surface area contributed by atoms with Crippen LogP contribution in [0.1, 0.15) is 18.1 Å². The number of benzene rings is 1. The predicted molar refractivity (Wildman–Crippen MR) is 89.7 cm³/mol. The van der Waals surface area contributed by atoms with Gasteiger partial charge in [0, 0.05) is 13.1 Å². The summed E-state index contributed by atoms with van der Waals surface area (Å²) in [6.07, 6.45) is 0. The summed E-state index contributed by atoms with van der Waals surface area (Å²) in [4.78, 5) is 14.2. The highest BCUT2D eigenvalue weighted by molar-refractivity contribution is 7.89. The van der Waals surface area contributed by atoms with Gasteiger partial charge >= 0.3 is 0 Å². The van der Waals surface area contributed by atoms with Crippen molar-refractivity contribution < 1.29 is 22.7 Å². The fourth-order valence-electron chi connectivity index (χ4n) is 2.85. The molecule has 1 fully saturated rings. The molecular formula is C16H24N2O5S. The van der Waals surface area contributed by atoms with Gasteiger partial charge in [-0.2, -0.15) is 4.72 Å². The fraction of sp³-hybridized carbons (Fsp3) is 0.562. The molecule has 8 heteroatoms. The second-order valence-electron chi connectivity index (χ2n) is 5.87. The molecule has 1 N–H and O–H groups in total. The minimum absolute atomic E-state index is 0.185. The van der Waals surface area contributed by atoms with E-state index >= 15 is 0 Å². The number of methoxy groups -OCH3 is 1. The van der Waals surface area contributed by atoms with E-state index in [1.54, 1.807) is 37.8 Å². The van der Waals surface area contributed by atoms with Gasteiger partial charge in [-0.15, -0.1) is 0 Å². The third kappa shape index (κ3) is 4.06. The van der Waals surface area contributed by atoms with E-state index in [0.29, 0.717) is 43.2 Å². The minimum Gasteiger partial charge on any atom is -0.497 e. The molecule has 0 aliphatic carbocycles. The summed E-state index contributed by atoms with van der Waals surface area (Å²) < 4.78 is 38.3. The highest BCUT2D eigenvalue weighted by atomic mass is 32.2. The van der Waals surface area contributed by atoms with Crippen LogP contribution < -0.4 is 9.46 Å². The largest absolute Gasteiger partial charge is 0.497 e. The predicted octanol–water partition coefficient (Wildman–Crippen LogP) is 0.838. The van der Waals surface area contributed by atoms with Crippen molar-refractivity contribution in [2.45, 2.75) is 31.7 Å². The van der Waals surface area contributed by atoms with Crippen molar-refractivity contribution in [3.63, 3.8) is 0 Å². The van der Waals surface area contributed by atoms with E-state index in [9.17, 15) is 13.2 Å². The van der Waals surface area contributed by atoms with E-state index in [1.807, 2.05) is 0 Å². The third-order valence-electron chi connectivity index (χ3n) is 3.96. The number of hydrogen-bond acceptors (Lipinski definition) is 5. The van der Waals surface area contributed by atoms with Crippen LogP contribution in [0, 0.1) is 13.8 Å². The van der Waals surface area contributed by atoms with E-state index in [2.05, 4.69) is 4.72 Å². The number of ether oxygens (including phenoxy) is 2. The van der Waals surface area contributed by atoms with Gasteiger partial charge < -0.3 is 14.4 Å². The van der Waals surface area contributed by atoms with Crippen LogP contribution in [0.25, 0.3) is 0 Å². The summed E-state index contributed by atoms with van der Waals surface area (Å²) in [5.41, 5.74) is 1.15. The van der Waals surface area contributed by atoms with Gasteiger partial charge in [-0.3, -0.25) is 4.79 Å². The maximum atomic E-state index is 12.7. The van der Waals surface area contributed by atoms with Gasteiger partial charge in [-0.05, 0) is 44.0 Å². The van der Waals surface area contributed by atoms with Gasteiger partial charge in [-0.1, -0.05) is 0 Å². The number of amides is 1. The number of aryl methyl sites for hydroxylation is 2. The second-order valence-corrected chi connectivity index (χ2v) is 7.52. The summed E-state index contributed by atoms with van der Waals surface area (Å²) in [6, 6.07) is 2.49. The number of carbonyl (C=O) groups is 1. The van der Waals surface area contributed by atoms with Gasteiger partial charge in [0.05, 0.1) is 31.3 Å². The lowest BCUT2D eigenvalue weighted by atomic mass is 10.1. The van der Waals surface area contributed by atoms with Crippen LogP contribution in [0.4, 0.5) is 0 Å². The van der Waals surface area contributed by atoms with Crippen LogP contribution in [-0.2, 0) is 19.6 Å². The molecule has 1 aromatic carbocycles. The average Bonchev–Trinajstić information content (AvgIpc) is 2.53. The molecule has 1 aliphatic heterocycles. The van der Waals surface area contributed by atoms with E-state index in [1.165, 1.54) is 7.11 Å². The zero-order valence-corrected chi connectivity index (χ0v) is 15.3. The van der Waals surface area contributed by atoms with E-state index in [0.717, 1.165) is 0 Å². The number of rotatable bonds is 5. The first-order chi connectivity index (χ1) is 11.3. The van der Waals surface area contributed by atoms with E-state index in [4.69, 9.17) is 9.47 Å². The molecule has 134 valence electrons. The first-order valence-corrected chi connectivity index (χ1v) is 9.28. The molecule has 1 saturated heterocycles. The topological polar surface area (TPSA) is 84.9 Å².